The quantitative estimate of drug-likeness (QED) is 0.433. The van der Waals surface area contributed by atoms with E-state index >= 15 is 0 Å². The highest BCUT2D eigenvalue weighted by Crippen LogP contribution is 2.15. The van der Waals surface area contributed by atoms with Gasteiger partial charge in [0.15, 0.2) is 0 Å². The first-order valence-electron chi connectivity index (χ1n) is 3.40. The van der Waals surface area contributed by atoms with Crippen LogP contribution >= 0.6 is 0 Å². The van der Waals surface area contributed by atoms with Crippen LogP contribution in [0.1, 0.15) is 12.8 Å². The summed E-state index contributed by atoms with van der Waals surface area (Å²) in [6.07, 6.45) is 4.09. The van der Waals surface area contributed by atoms with E-state index in [-0.39, 0.29) is 6.04 Å². The summed E-state index contributed by atoms with van der Waals surface area (Å²) in [5, 5.41) is -0.748. The van der Waals surface area contributed by atoms with E-state index in [9.17, 15) is 8.42 Å². The van der Waals surface area contributed by atoms with Crippen molar-refractivity contribution in [2.45, 2.75) is 24.1 Å². The standard InChI is InChI=1S/C6H11NO3S/c7-5-1-3-6(4-2-5)11(8,9)10/h1,3,5-6H,2,4,7H2,(H,8,9,10). The first kappa shape index (κ1) is 8.70. The Morgan fingerprint density at radius 2 is 2.00 bits per heavy atom. The molecule has 64 valence electrons. The van der Waals surface area contributed by atoms with E-state index < -0.39 is 15.4 Å². The predicted molar refractivity (Wildman–Crippen MR) is 41.7 cm³/mol. The SMILES string of the molecule is NC1C=CC(S(=O)(=O)O)CC1. The molecule has 4 nitrogen and oxygen atoms in total. The van der Waals surface area contributed by atoms with Crippen LogP contribution in [0.4, 0.5) is 0 Å². The van der Waals surface area contributed by atoms with Crippen LogP contribution in [-0.2, 0) is 10.1 Å². The molecule has 2 atom stereocenters. The molecule has 1 aliphatic carbocycles. The van der Waals surface area contributed by atoms with Gasteiger partial charge >= 0.3 is 0 Å². The zero-order valence-corrected chi connectivity index (χ0v) is 6.79. The zero-order valence-electron chi connectivity index (χ0n) is 5.97. The Labute approximate surface area is 65.8 Å². The second kappa shape index (κ2) is 2.92. The Balaban J connectivity index is 2.73. The van der Waals surface area contributed by atoms with E-state index in [2.05, 4.69) is 0 Å². The minimum atomic E-state index is -3.89. The van der Waals surface area contributed by atoms with Crippen LogP contribution in [0, 0.1) is 0 Å². The highest BCUT2D eigenvalue weighted by Gasteiger charge is 2.23. The van der Waals surface area contributed by atoms with Crippen molar-refractivity contribution in [3.63, 3.8) is 0 Å². The van der Waals surface area contributed by atoms with Crippen LogP contribution in [0.5, 0.6) is 0 Å². The number of rotatable bonds is 1. The second-order valence-corrected chi connectivity index (χ2v) is 4.31. The van der Waals surface area contributed by atoms with Crippen LogP contribution < -0.4 is 5.73 Å². The third kappa shape index (κ3) is 2.28. The molecule has 0 radical (unpaired) electrons. The fourth-order valence-electron chi connectivity index (χ4n) is 1.06. The van der Waals surface area contributed by atoms with Crippen molar-refractivity contribution in [3.8, 4) is 0 Å². The fourth-order valence-corrected chi connectivity index (χ4v) is 1.79. The van der Waals surface area contributed by atoms with Crippen LogP contribution in [0.25, 0.3) is 0 Å². The first-order chi connectivity index (χ1) is 5.00. The molecular formula is C6H11NO3S. The van der Waals surface area contributed by atoms with E-state index in [1.165, 1.54) is 6.08 Å². The number of hydrogen-bond donors (Lipinski definition) is 2. The van der Waals surface area contributed by atoms with Crippen molar-refractivity contribution in [1.82, 2.24) is 0 Å². The molecule has 11 heavy (non-hydrogen) atoms. The summed E-state index contributed by atoms with van der Waals surface area (Å²) < 4.78 is 29.7. The van der Waals surface area contributed by atoms with Gasteiger partial charge in [-0.05, 0) is 12.8 Å². The molecule has 0 spiro atoms. The Kier molecular flexibility index (Phi) is 2.31. The van der Waals surface area contributed by atoms with Crippen LogP contribution in [-0.4, -0.2) is 24.3 Å². The molecule has 0 fully saturated rings. The van der Waals surface area contributed by atoms with Gasteiger partial charge in [0.1, 0.15) is 5.25 Å². The molecule has 0 amide bonds. The summed E-state index contributed by atoms with van der Waals surface area (Å²) in [5.74, 6) is 0. The summed E-state index contributed by atoms with van der Waals surface area (Å²) in [6.45, 7) is 0. The summed E-state index contributed by atoms with van der Waals surface area (Å²) in [5.41, 5.74) is 5.48. The van der Waals surface area contributed by atoms with Crippen molar-refractivity contribution in [1.29, 1.82) is 0 Å². The van der Waals surface area contributed by atoms with Gasteiger partial charge < -0.3 is 5.73 Å². The largest absolute Gasteiger partial charge is 0.324 e. The van der Waals surface area contributed by atoms with E-state index in [1.807, 2.05) is 0 Å². The van der Waals surface area contributed by atoms with Crippen LogP contribution in [0.3, 0.4) is 0 Å². The third-order valence-electron chi connectivity index (χ3n) is 1.74. The van der Waals surface area contributed by atoms with Crippen molar-refractivity contribution >= 4 is 10.1 Å². The normalized spacial score (nSPS) is 32.2. The van der Waals surface area contributed by atoms with Gasteiger partial charge in [-0.15, -0.1) is 0 Å². The second-order valence-electron chi connectivity index (χ2n) is 2.68. The van der Waals surface area contributed by atoms with Crippen molar-refractivity contribution < 1.29 is 13.0 Å². The first-order valence-corrected chi connectivity index (χ1v) is 4.90. The molecule has 2 unspecified atom stereocenters. The summed E-state index contributed by atoms with van der Waals surface area (Å²) >= 11 is 0. The molecule has 0 saturated carbocycles. The van der Waals surface area contributed by atoms with Crippen LogP contribution in [0.2, 0.25) is 0 Å². The molecule has 0 aromatic heterocycles. The molecule has 0 aromatic rings. The van der Waals surface area contributed by atoms with E-state index in [0.717, 1.165) is 0 Å². The molecule has 0 bridgehead atoms. The lowest BCUT2D eigenvalue weighted by Crippen LogP contribution is -2.28. The monoisotopic (exact) mass is 177 g/mol. The van der Waals surface area contributed by atoms with E-state index in [4.69, 9.17) is 10.3 Å². The fraction of sp³-hybridized carbons (Fsp3) is 0.667. The third-order valence-corrected chi connectivity index (χ3v) is 2.90. The molecule has 0 aliphatic heterocycles. The van der Waals surface area contributed by atoms with Crippen LogP contribution in [0.15, 0.2) is 12.2 Å². The van der Waals surface area contributed by atoms with E-state index in [0.29, 0.717) is 12.8 Å². The molecule has 1 aliphatic rings. The lowest BCUT2D eigenvalue weighted by Gasteiger charge is -2.17. The van der Waals surface area contributed by atoms with Gasteiger partial charge in [0.25, 0.3) is 10.1 Å². The molecule has 3 N–H and O–H groups in total. The summed E-state index contributed by atoms with van der Waals surface area (Å²) in [6, 6.07) is -0.0620. The number of nitrogens with two attached hydrogens (primary N) is 1. The summed E-state index contributed by atoms with van der Waals surface area (Å²) in [4.78, 5) is 0. The van der Waals surface area contributed by atoms with Gasteiger partial charge in [-0.2, -0.15) is 8.42 Å². The Morgan fingerprint density at radius 1 is 1.36 bits per heavy atom. The minimum Gasteiger partial charge on any atom is -0.324 e. The highest BCUT2D eigenvalue weighted by atomic mass is 32.2. The maximum Gasteiger partial charge on any atom is 0.271 e. The molecular weight excluding hydrogens is 166 g/mol. The van der Waals surface area contributed by atoms with Gasteiger partial charge in [-0.25, -0.2) is 0 Å². The molecule has 0 heterocycles. The smallest absolute Gasteiger partial charge is 0.271 e. The van der Waals surface area contributed by atoms with Gasteiger partial charge in [-0.1, -0.05) is 12.2 Å². The average Bonchev–Trinajstić information content (AvgIpc) is 1.86. The molecule has 1 rings (SSSR count). The van der Waals surface area contributed by atoms with Gasteiger partial charge in [-0.3, -0.25) is 4.55 Å². The van der Waals surface area contributed by atoms with Crippen molar-refractivity contribution in [2.75, 3.05) is 0 Å². The zero-order chi connectivity index (χ0) is 8.48. The average molecular weight is 177 g/mol. The highest BCUT2D eigenvalue weighted by molar-refractivity contribution is 7.86. The van der Waals surface area contributed by atoms with Crippen molar-refractivity contribution in [2.24, 2.45) is 5.73 Å². The van der Waals surface area contributed by atoms with E-state index in [1.54, 1.807) is 6.08 Å². The summed E-state index contributed by atoms with van der Waals surface area (Å²) in [7, 11) is -3.89. The topological polar surface area (TPSA) is 80.4 Å². The Bertz CT molecular complexity index is 257. The minimum absolute atomic E-state index is 0.0620. The predicted octanol–water partition coefficient (Wildman–Crippen LogP) is -0.0799. The van der Waals surface area contributed by atoms with Gasteiger partial charge in [0.05, 0.1) is 0 Å². The molecule has 5 heteroatoms. The van der Waals surface area contributed by atoms with Gasteiger partial charge in [0.2, 0.25) is 0 Å². The van der Waals surface area contributed by atoms with Crippen molar-refractivity contribution in [3.05, 3.63) is 12.2 Å². The van der Waals surface area contributed by atoms with Gasteiger partial charge in [0, 0.05) is 6.04 Å². The molecule has 0 saturated heterocycles. The Hall–Kier alpha value is -0.390. The maximum absolute atomic E-state index is 10.6. The maximum atomic E-state index is 10.6. The Morgan fingerprint density at radius 3 is 2.36 bits per heavy atom. The lowest BCUT2D eigenvalue weighted by atomic mass is 10.0. The number of hydrogen-bond acceptors (Lipinski definition) is 3. The molecule has 0 aromatic carbocycles. The lowest BCUT2D eigenvalue weighted by molar-refractivity contribution is 0.465.